The molecule has 0 radical (unpaired) electrons. The van der Waals surface area contributed by atoms with Gasteiger partial charge in [0, 0.05) is 25.5 Å². The number of carboxylic acids is 1. The lowest BCUT2D eigenvalue weighted by atomic mass is 10.00. The minimum atomic E-state index is -0.816. The second kappa shape index (κ2) is 3.81. The Morgan fingerprint density at radius 2 is 2.21 bits per heavy atom. The molecular weight excluding hydrogens is 182 g/mol. The van der Waals surface area contributed by atoms with Crippen molar-refractivity contribution in [1.82, 2.24) is 15.6 Å². The predicted molar refractivity (Wildman–Crippen MR) is 51.0 cm³/mol. The van der Waals surface area contributed by atoms with Gasteiger partial charge in [-0.2, -0.15) is 0 Å². The second-order valence-electron chi connectivity index (χ2n) is 3.35. The molecule has 2 unspecified atom stereocenters. The van der Waals surface area contributed by atoms with Gasteiger partial charge in [-0.15, -0.1) is 0 Å². The van der Waals surface area contributed by atoms with Gasteiger partial charge in [-0.3, -0.25) is 4.79 Å². The number of aliphatic carboxylic acids is 1. The van der Waals surface area contributed by atoms with E-state index in [9.17, 15) is 4.79 Å². The van der Waals surface area contributed by atoms with Crippen LogP contribution in [-0.4, -0.2) is 35.2 Å². The molecule has 2 heterocycles. The van der Waals surface area contributed by atoms with Crippen LogP contribution in [0.3, 0.4) is 0 Å². The fourth-order valence-corrected chi connectivity index (χ4v) is 1.76. The molecule has 4 N–H and O–H groups in total. The van der Waals surface area contributed by atoms with Crippen molar-refractivity contribution in [2.75, 3.05) is 13.1 Å². The van der Waals surface area contributed by atoms with E-state index in [1.165, 1.54) is 0 Å². The molecule has 5 heteroatoms. The van der Waals surface area contributed by atoms with Gasteiger partial charge in [0.15, 0.2) is 0 Å². The molecule has 76 valence electrons. The van der Waals surface area contributed by atoms with Crippen LogP contribution in [0, 0.1) is 0 Å². The number of H-pyrrole nitrogens is 1. The predicted octanol–water partition coefficient (Wildman–Crippen LogP) is -0.298. The van der Waals surface area contributed by atoms with Gasteiger partial charge in [-0.05, 0) is 11.6 Å². The van der Waals surface area contributed by atoms with Crippen molar-refractivity contribution in [2.24, 2.45) is 0 Å². The molecule has 0 aromatic carbocycles. The molecule has 0 spiro atoms. The molecule has 1 aromatic heterocycles. The summed E-state index contributed by atoms with van der Waals surface area (Å²) in [6.07, 6.45) is 3.62. The Bertz CT molecular complexity index is 310. The number of rotatable bonds is 2. The Hall–Kier alpha value is -1.33. The minimum Gasteiger partial charge on any atom is -0.480 e. The first kappa shape index (κ1) is 9.23. The first-order valence-corrected chi connectivity index (χ1v) is 4.61. The highest BCUT2D eigenvalue weighted by molar-refractivity contribution is 5.75. The number of aromatic amines is 1. The van der Waals surface area contributed by atoms with Crippen LogP contribution in [0.4, 0.5) is 0 Å². The summed E-state index contributed by atoms with van der Waals surface area (Å²) in [7, 11) is 0. The van der Waals surface area contributed by atoms with E-state index in [-0.39, 0.29) is 6.04 Å². The summed E-state index contributed by atoms with van der Waals surface area (Å²) in [5.74, 6) is -0.816. The summed E-state index contributed by atoms with van der Waals surface area (Å²) in [6.45, 7) is 1.48. The average Bonchev–Trinajstić information content (AvgIpc) is 2.70. The molecular formula is C9H13N3O2. The van der Waals surface area contributed by atoms with E-state index in [1.807, 2.05) is 12.3 Å². The Morgan fingerprint density at radius 3 is 2.86 bits per heavy atom. The SMILES string of the molecule is O=C(O)C1NCCNC1c1cc[nH]c1. The lowest BCUT2D eigenvalue weighted by Crippen LogP contribution is -2.54. The number of nitrogens with one attached hydrogen (secondary N) is 3. The fraction of sp³-hybridized carbons (Fsp3) is 0.444. The molecule has 1 saturated heterocycles. The number of aromatic nitrogens is 1. The number of hydrogen-bond acceptors (Lipinski definition) is 3. The van der Waals surface area contributed by atoms with E-state index < -0.39 is 12.0 Å². The van der Waals surface area contributed by atoms with Gasteiger partial charge in [-0.1, -0.05) is 0 Å². The quantitative estimate of drug-likeness (QED) is 0.522. The lowest BCUT2D eigenvalue weighted by molar-refractivity contribution is -0.140. The summed E-state index contributed by atoms with van der Waals surface area (Å²) in [6, 6.07) is 1.20. The summed E-state index contributed by atoms with van der Waals surface area (Å²) in [5.41, 5.74) is 0.976. The maximum Gasteiger partial charge on any atom is 0.322 e. The van der Waals surface area contributed by atoms with Crippen LogP contribution >= 0.6 is 0 Å². The zero-order valence-electron chi connectivity index (χ0n) is 7.66. The first-order chi connectivity index (χ1) is 6.79. The van der Waals surface area contributed by atoms with Crippen molar-refractivity contribution < 1.29 is 9.90 Å². The maximum absolute atomic E-state index is 10.9. The van der Waals surface area contributed by atoms with Crippen LogP contribution in [0.1, 0.15) is 11.6 Å². The molecule has 0 amide bonds. The van der Waals surface area contributed by atoms with Crippen LogP contribution in [0.15, 0.2) is 18.5 Å². The third-order valence-corrected chi connectivity index (χ3v) is 2.43. The van der Waals surface area contributed by atoms with Gasteiger partial charge < -0.3 is 20.7 Å². The lowest BCUT2D eigenvalue weighted by Gasteiger charge is -2.30. The smallest absolute Gasteiger partial charge is 0.322 e. The first-order valence-electron chi connectivity index (χ1n) is 4.61. The van der Waals surface area contributed by atoms with Crippen LogP contribution in [0.5, 0.6) is 0 Å². The van der Waals surface area contributed by atoms with E-state index in [0.717, 1.165) is 12.1 Å². The van der Waals surface area contributed by atoms with Crippen molar-refractivity contribution >= 4 is 5.97 Å². The third kappa shape index (κ3) is 1.64. The number of hydrogen-bond donors (Lipinski definition) is 4. The van der Waals surface area contributed by atoms with E-state index in [2.05, 4.69) is 15.6 Å². The zero-order chi connectivity index (χ0) is 9.97. The summed E-state index contributed by atoms with van der Waals surface area (Å²) < 4.78 is 0. The normalized spacial score (nSPS) is 27.4. The van der Waals surface area contributed by atoms with Gasteiger partial charge in [0.2, 0.25) is 0 Å². The largest absolute Gasteiger partial charge is 0.480 e. The van der Waals surface area contributed by atoms with Crippen LogP contribution in [0.25, 0.3) is 0 Å². The molecule has 5 nitrogen and oxygen atoms in total. The summed E-state index contributed by atoms with van der Waals surface area (Å²) >= 11 is 0. The third-order valence-electron chi connectivity index (χ3n) is 2.43. The van der Waals surface area contributed by atoms with Crippen molar-refractivity contribution in [2.45, 2.75) is 12.1 Å². The highest BCUT2D eigenvalue weighted by Crippen LogP contribution is 2.18. The number of carboxylic acid groups (broad SMARTS) is 1. The van der Waals surface area contributed by atoms with E-state index in [1.54, 1.807) is 6.20 Å². The standard InChI is InChI=1S/C9H13N3O2/c13-9(14)8-7(11-3-4-12-8)6-1-2-10-5-6/h1-2,5,7-8,10-12H,3-4H2,(H,13,14). The van der Waals surface area contributed by atoms with Crippen molar-refractivity contribution in [3.63, 3.8) is 0 Å². The van der Waals surface area contributed by atoms with E-state index in [0.29, 0.717) is 6.54 Å². The Balaban J connectivity index is 2.18. The van der Waals surface area contributed by atoms with Gasteiger partial charge in [0.1, 0.15) is 6.04 Å². The minimum absolute atomic E-state index is 0.146. The number of piperazine rings is 1. The van der Waals surface area contributed by atoms with Gasteiger partial charge in [-0.25, -0.2) is 0 Å². The van der Waals surface area contributed by atoms with Crippen molar-refractivity contribution in [1.29, 1.82) is 0 Å². The fourth-order valence-electron chi connectivity index (χ4n) is 1.76. The molecule has 1 aromatic rings. The average molecular weight is 195 g/mol. The van der Waals surface area contributed by atoms with E-state index in [4.69, 9.17) is 5.11 Å². The van der Waals surface area contributed by atoms with Crippen molar-refractivity contribution in [3.8, 4) is 0 Å². The highest BCUT2D eigenvalue weighted by Gasteiger charge is 2.31. The van der Waals surface area contributed by atoms with Crippen LogP contribution < -0.4 is 10.6 Å². The molecule has 14 heavy (non-hydrogen) atoms. The Kier molecular flexibility index (Phi) is 2.51. The van der Waals surface area contributed by atoms with Crippen LogP contribution in [-0.2, 0) is 4.79 Å². The zero-order valence-corrected chi connectivity index (χ0v) is 7.66. The summed E-state index contributed by atoms with van der Waals surface area (Å²) in [4.78, 5) is 13.9. The molecule has 1 fully saturated rings. The Labute approximate surface area is 81.5 Å². The molecule has 2 rings (SSSR count). The molecule has 0 aliphatic carbocycles. The molecule has 1 aliphatic heterocycles. The van der Waals surface area contributed by atoms with Crippen LogP contribution in [0.2, 0.25) is 0 Å². The molecule has 0 saturated carbocycles. The number of carbonyl (C=O) groups is 1. The molecule has 0 bridgehead atoms. The van der Waals surface area contributed by atoms with Gasteiger partial charge >= 0.3 is 5.97 Å². The van der Waals surface area contributed by atoms with E-state index >= 15 is 0 Å². The summed E-state index contributed by atoms with van der Waals surface area (Å²) in [5, 5.41) is 15.2. The second-order valence-corrected chi connectivity index (χ2v) is 3.35. The topological polar surface area (TPSA) is 77.2 Å². The highest BCUT2D eigenvalue weighted by atomic mass is 16.4. The molecule has 1 aliphatic rings. The maximum atomic E-state index is 10.9. The monoisotopic (exact) mass is 195 g/mol. The van der Waals surface area contributed by atoms with Gasteiger partial charge in [0.05, 0.1) is 6.04 Å². The Morgan fingerprint density at radius 1 is 1.43 bits per heavy atom. The van der Waals surface area contributed by atoms with Gasteiger partial charge in [0.25, 0.3) is 0 Å². The van der Waals surface area contributed by atoms with Crippen molar-refractivity contribution in [3.05, 3.63) is 24.0 Å². The molecule has 2 atom stereocenters.